The fraction of sp³-hybridized carbons (Fsp3) is 0.474. The topological polar surface area (TPSA) is 71.3 Å². The highest BCUT2D eigenvalue weighted by atomic mass is 19.1. The molecule has 27 heavy (non-hydrogen) atoms. The lowest BCUT2D eigenvalue weighted by molar-refractivity contribution is -0.122. The predicted molar refractivity (Wildman–Crippen MR) is 95.8 cm³/mol. The van der Waals surface area contributed by atoms with Crippen LogP contribution in [0.1, 0.15) is 44.2 Å². The van der Waals surface area contributed by atoms with E-state index in [1.165, 1.54) is 10.9 Å². The first-order valence-electron chi connectivity index (χ1n) is 9.12. The summed E-state index contributed by atoms with van der Waals surface area (Å²) < 4.78 is 14.5. The summed E-state index contributed by atoms with van der Waals surface area (Å²) in [7, 11) is 1.83. The van der Waals surface area contributed by atoms with Crippen LogP contribution in [0.15, 0.2) is 30.7 Å². The van der Waals surface area contributed by atoms with Gasteiger partial charge in [0.15, 0.2) is 11.6 Å². The Balaban J connectivity index is 1.53. The van der Waals surface area contributed by atoms with Crippen molar-refractivity contribution in [2.75, 3.05) is 13.6 Å². The Bertz CT molecular complexity index is 868. The second-order valence-corrected chi connectivity index (χ2v) is 7.46. The molecule has 0 radical (unpaired) electrons. The van der Waals surface area contributed by atoms with E-state index >= 15 is 0 Å². The lowest BCUT2D eigenvalue weighted by Gasteiger charge is -2.37. The molecule has 1 saturated carbocycles. The van der Waals surface area contributed by atoms with Crippen LogP contribution in [-0.2, 0) is 4.79 Å². The molecule has 2 aromatic rings. The minimum atomic E-state index is -0.420. The SMILES string of the molecule is C[C@@H](c1ccc(-n2cc(F)cn2)nc1)N1CC2(CCC(=O)CC2)N(C)C1=O. The Morgan fingerprint density at radius 2 is 1.93 bits per heavy atom. The van der Waals surface area contributed by atoms with Crippen LogP contribution >= 0.6 is 0 Å². The van der Waals surface area contributed by atoms with E-state index in [1.807, 2.05) is 29.8 Å². The number of amides is 2. The molecule has 0 N–H and O–H groups in total. The van der Waals surface area contributed by atoms with E-state index in [1.54, 1.807) is 12.3 Å². The van der Waals surface area contributed by atoms with Gasteiger partial charge in [-0.3, -0.25) is 4.79 Å². The van der Waals surface area contributed by atoms with Gasteiger partial charge < -0.3 is 9.80 Å². The first-order valence-corrected chi connectivity index (χ1v) is 9.12. The van der Waals surface area contributed by atoms with Crippen LogP contribution in [0.25, 0.3) is 5.82 Å². The van der Waals surface area contributed by atoms with E-state index in [-0.39, 0.29) is 23.4 Å². The van der Waals surface area contributed by atoms with Gasteiger partial charge in [-0.25, -0.2) is 18.9 Å². The van der Waals surface area contributed by atoms with Crippen molar-refractivity contribution in [1.29, 1.82) is 0 Å². The van der Waals surface area contributed by atoms with Crippen LogP contribution in [0, 0.1) is 5.82 Å². The molecule has 1 atom stereocenters. The molecule has 1 saturated heterocycles. The zero-order valence-corrected chi connectivity index (χ0v) is 15.4. The summed E-state index contributed by atoms with van der Waals surface area (Å²) in [4.78, 5) is 32.5. The molecule has 142 valence electrons. The summed E-state index contributed by atoms with van der Waals surface area (Å²) >= 11 is 0. The number of nitrogens with zero attached hydrogens (tertiary/aromatic N) is 5. The van der Waals surface area contributed by atoms with Crippen molar-refractivity contribution in [1.82, 2.24) is 24.6 Å². The third kappa shape index (κ3) is 2.98. The number of ketones is 1. The molecule has 1 aliphatic carbocycles. The fourth-order valence-corrected chi connectivity index (χ4v) is 4.06. The monoisotopic (exact) mass is 371 g/mol. The summed E-state index contributed by atoms with van der Waals surface area (Å²) in [6, 6.07) is 3.48. The largest absolute Gasteiger partial charge is 0.320 e. The van der Waals surface area contributed by atoms with Gasteiger partial charge in [0.05, 0.1) is 24.0 Å². The third-order valence-corrected chi connectivity index (χ3v) is 5.95. The van der Waals surface area contributed by atoms with E-state index < -0.39 is 5.82 Å². The lowest BCUT2D eigenvalue weighted by Crippen LogP contribution is -2.47. The highest BCUT2D eigenvalue weighted by molar-refractivity contribution is 5.82. The van der Waals surface area contributed by atoms with Crippen molar-refractivity contribution in [2.45, 2.75) is 44.2 Å². The van der Waals surface area contributed by atoms with E-state index in [2.05, 4.69) is 10.1 Å². The smallest absolute Gasteiger partial charge is 0.320 e. The number of urea groups is 1. The van der Waals surface area contributed by atoms with Crippen LogP contribution in [0.2, 0.25) is 0 Å². The highest BCUT2D eigenvalue weighted by Gasteiger charge is 2.50. The Labute approximate surface area is 156 Å². The maximum atomic E-state index is 13.1. The minimum absolute atomic E-state index is 0.0185. The van der Waals surface area contributed by atoms with Gasteiger partial charge >= 0.3 is 6.03 Å². The number of hydrogen-bond donors (Lipinski definition) is 0. The van der Waals surface area contributed by atoms with Crippen LogP contribution < -0.4 is 0 Å². The molecule has 0 unspecified atom stereocenters. The maximum absolute atomic E-state index is 13.1. The average Bonchev–Trinajstić information content (AvgIpc) is 3.21. The quantitative estimate of drug-likeness (QED) is 0.832. The molecule has 3 heterocycles. The molecule has 7 nitrogen and oxygen atoms in total. The van der Waals surface area contributed by atoms with E-state index in [0.717, 1.165) is 24.6 Å². The van der Waals surface area contributed by atoms with Gasteiger partial charge in [0, 0.05) is 32.6 Å². The van der Waals surface area contributed by atoms with Crippen molar-refractivity contribution in [3.8, 4) is 5.82 Å². The molecule has 0 aromatic carbocycles. The molecule has 1 aliphatic heterocycles. The molecule has 2 amide bonds. The first-order chi connectivity index (χ1) is 12.9. The number of carbonyl (C=O) groups is 2. The molecule has 2 fully saturated rings. The first kappa shape index (κ1) is 17.6. The third-order valence-electron chi connectivity index (χ3n) is 5.95. The van der Waals surface area contributed by atoms with Gasteiger partial charge in [0.25, 0.3) is 0 Å². The van der Waals surface area contributed by atoms with Crippen LogP contribution in [0.5, 0.6) is 0 Å². The van der Waals surface area contributed by atoms with Crippen molar-refractivity contribution in [3.63, 3.8) is 0 Å². The highest BCUT2D eigenvalue weighted by Crippen LogP contribution is 2.40. The van der Waals surface area contributed by atoms with E-state index in [4.69, 9.17) is 0 Å². The van der Waals surface area contributed by atoms with Crippen LogP contribution in [0.3, 0.4) is 0 Å². The second-order valence-electron chi connectivity index (χ2n) is 7.46. The molecule has 2 aromatic heterocycles. The predicted octanol–water partition coefficient (Wildman–Crippen LogP) is 2.72. The van der Waals surface area contributed by atoms with Gasteiger partial charge in [0.2, 0.25) is 0 Å². The number of hydrogen-bond acceptors (Lipinski definition) is 4. The number of Topliss-reactive ketones (excluding diaryl/α,β-unsaturated/α-hetero) is 1. The van der Waals surface area contributed by atoms with E-state index in [9.17, 15) is 14.0 Å². The number of halogens is 1. The van der Waals surface area contributed by atoms with Crippen molar-refractivity contribution in [3.05, 3.63) is 42.1 Å². The van der Waals surface area contributed by atoms with Gasteiger partial charge in [0.1, 0.15) is 5.78 Å². The number of rotatable bonds is 3. The molecule has 1 spiro atoms. The van der Waals surface area contributed by atoms with Gasteiger partial charge in [-0.05, 0) is 31.4 Å². The maximum Gasteiger partial charge on any atom is 0.320 e. The summed E-state index contributed by atoms with van der Waals surface area (Å²) in [5, 5.41) is 3.90. The number of pyridine rings is 1. The summed E-state index contributed by atoms with van der Waals surface area (Å²) in [5.74, 6) is 0.376. The number of carbonyl (C=O) groups excluding carboxylic acids is 2. The van der Waals surface area contributed by atoms with Crippen molar-refractivity contribution < 1.29 is 14.0 Å². The standard InChI is InChI=1S/C19H22FN5O2/c1-13(14-3-4-17(21-9-14)25-11-15(20)10-22-25)24-12-19(23(2)18(24)27)7-5-16(26)6-8-19/h3-4,9-11,13H,5-8,12H2,1-2H3/t13-/m0/s1. The number of aromatic nitrogens is 3. The summed E-state index contributed by atoms with van der Waals surface area (Å²) in [6.07, 6.45) is 6.61. The second kappa shape index (κ2) is 6.44. The Morgan fingerprint density at radius 3 is 2.52 bits per heavy atom. The molecular weight excluding hydrogens is 349 g/mol. The molecular formula is C19H22FN5O2. The molecule has 8 heteroatoms. The zero-order valence-electron chi connectivity index (χ0n) is 15.4. The Kier molecular flexibility index (Phi) is 4.20. The van der Waals surface area contributed by atoms with E-state index in [0.29, 0.717) is 25.2 Å². The zero-order chi connectivity index (χ0) is 19.2. The Hall–Kier alpha value is -2.77. The lowest BCUT2D eigenvalue weighted by atomic mass is 9.80. The van der Waals surface area contributed by atoms with Crippen LogP contribution in [0.4, 0.5) is 9.18 Å². The van der Waals surface area contributed by atoms with Gasteiger partial charge in [-0.2, -0.15) is 5.10 Å². The number of likely N-dealkylation sites (N-methyl/N-ethyl adjacent to an activating group) is 1. The van der Waals surface area contributed by atoms with Gasteiger partial charge in [-0.15, -0.1) is 0 Å². The van der Waals surface area contributed by atoms with Crippen molar-refractivity contribution in [2.24, 2.45) is 0 Å². The van der Waals surface area contributed by atoms with Crippen molar-refractivity contribution >= 4 is 11.8 Å². The van der Waals surface area contributed by atoms with Gasteiger partial charge in [-0.1, -0.05) is 6.07 Å². The molecule has 0 bridgehead atoms. The van der Waals surface area contributed by atoms with Crippen LogP contribution in [-0.4, -0.2) is 55.5 Å². The molecule has 2 aliphatic rings. The fourth-order valence-electron chi connectivity index (χ4n) is 4.06. The summed E-state index contributed by atoms with van der Waals surface area (Å²) in [5.41, 5.74) is 0.649. The minimum Gasteiger partial charge on any atom is -0.320 e. The average molecular weight is 371 g/mol. The normalized spacial score (nSPS) is 20.6. The molecule has 4 rings (SSSR count). The summed E-state index contributed by atoms with van der Waals surface area (Å²) in [6.45, 7) is 2.59. The Morgan fingerprint density at radius 1 is 1.19 bits per heavy atom.